The lowest BCUT2D eigenvalue weighted by molar-refractivity contribution is -0.154. The highest BCUT2D eigenvalue weighted by Crippen LogP contribution is 2.23. The molecule has 0 unspecified atom stereocenters. The number of carboxylic acid groups (broad SMARTS) is 1. The largest absolute Gasteiger partial charge is 0.478 e. The van der Waals surface area contributed by atoms with Crippen LogP contribution in [0.5, 0.6) is 5.75 Å². The Kier molecular flexibility index (Phi) is 9.63. The maximum atomic E-state index is 14.0. The van der Waals surface area contributed by atoms with Crippen molar-refractivity contribution in [1.29, 1.82) is 0 Å². The first kappa shape index (κ1) is 26.1. The van der Waals surface area contributed by atoms with Crippen molar-refractivity contribution in [1.82, 2.24) is 4.90 Å². The molecule has 0 aromatic heterocycles. The van der Waals surface area contributed by atoms with Gasteiger partial charge in [0, 0.05) is 19.2 Å². The van der Waals surface area contributed by atoms with Crippen molar-refractivity contribution in [3.8, 4) is 5.75 Å². The number of hydrogen-bond donors (Lipinski definition) is 2. The Morgan fingerprint density at radius 2 is 1.85 bits per heavy atom. The van der Waals surface area contributed by atoms with Crippen LogP contribution in [0.4, 0.5) is 19.3 Å². The van der Waals surface area contributed by atoms with Crippen molar-refractivity contribution in [2.24, 2.45) is 0 Å². The molecule has 0 spiro atoms. The van der Waals surface area contributed by atoms with Gasteiger partial charge in [-0.1, -0.05) is 38.8 Å². The minimum absolute atomic E-state index is 0.0789. The molecule has 180 valence electrons. The maximum absolute atomic E-state index is 14.0. The predicted octanol–water partition coefficient (Wildman–Crippen LogP) is 5.86. The van der Waals surface area contributed by atoms with Gasteiger partial charge < -0.3 is 20.1 Å². The number of carboxylic acids is 1. The molecule has 2 N–H and O–H groups in total. The Labute approximate surface area is 193 Å². The molecule has 0 aliphatic rings. The van der Waals surface area contributed by atoms with Gasteiger partial charge in [0.15, 0.2) is 0 Å². The fraction of sp³-hybridized carbons (Fsp3) is 0.440. The van der Waals surface area contributed by atoms with E-state index >= 15 is 0 Å². The summed E-state index contributed by atoms with van der Waals surface area (Å²) in [4.78, 5) is 25.9. The van der Waals surface area contributed by atoms with Crippen LogP contribution in [0.3, 0.4) is 0 Å². The van der Waals surface area contributed by atoms with Gasteiger partial charge in [-0.2, -0.15) is 0 Å². The standard InChI is InChI=1S/C25H32F2N2O4/c1-4-6-7-14-29(24(32)28-22-12-11-19(26)17-21(22)27)15-13-18-9-8-10-20(16-18)33-25(3,5-2)23(30)31/h8-12,16-17H,4-7,13-15H2,1-3H3,(H,28,32)(H,30,31)/t25-/m0/s1. The van der Waals surface area contributed by atoms with Gasteiger partial charge in [0.05, 0.1) is 5.69 Å². The molecule has 0 heterocycles. The van der Waals surface area contributed by atoms with E-state index in [0.717, 1.165) is 37.0 Å². The molecule has 1 atom stereocenters. The summed E-state index contributed by atoms with van der Waals surface area (Å²) in [5, 5.41) is 12.0. The number of benzene rings is 2. The van der Waals surface area contributed by atoms with Gasteiger partial charge in [-0.25, -0.2) is 18.4 Å². The zero-order valence-electron chi connectivity index (χ0n) is 19.4. The number of aliphatic carboxylic acids is 1. The average molecular weight is 463 g/mol. The molecule has 0 fully saturated rings. The van der Waals surface area contributed by atoms with Crippen LogP contribution in [0.2, 0.25) is 0 Å². The quantitative estimate of drug-likeness (QED) is 0.387. The Hall–Kier alpha value is -3.16. The van der Waals surface area contributed by atoms with E-state index in [1.807, 2.05) is 6.07 Å². The number of ether oxygens (including phenoxy) is 1. The van der Waals surface area contributed by atoms with E-state index in [1.54, 1.807) is 30.0 Å². The third-order valence-electron chi connectivity index (χ3n) is 5.53. The summed E-state index contributed by atoms with van der Waals surface area (Å²) in [5.74, 6) is -2.15. The molecule has 0 saturated heterocycles. The Morgan fingerprint density at radius 1 is 1.09 bits per heavy atom. The van der Waals surface area contributed by atoms with E-state index in [1.165, 1.54) is 13.0 Å². The zero-order valence-corrected chi connectivity index (χ0v) is 19.4. The molecule has 0 radical (unpaired) electrons. The van der Waals surface area contributed by atoms with E-state index in [4.69, 9.17) is 4.74 Å². The highest BCUT2D eigenvalue weighted by Gasteiger charge is 2.33. The smallest absolute Gasteiger partial charge is 0.347 e. The lowest BCUT2D eigenvalue weighted by Gasteiger charge is -2.25. The molecule has 0 bridgehead atoms. The number of nitrogens with one attached hydrogen (secondary N) is 1. The Bertz CT molecular complexity index is 954. The van der Waals surface area contributed by atoms with Crippen LogP contribution < -0.4 is 10.1 Å². The normalized spacial score (nSPS) is 12.6. The molecule has 2 rings (SSSR count). The molecule has 0 aliphatic heterocycles. The molecule has 0 aliphatic carbocycles. The number of carbonyl (C=O) groups is 2. The molecular weight excluding hydrogens is 430 g/mol. The fourth-order valence-electron chi connectivity index (χ4n) is 3.21. The van der Waals surface area contributed by atoms with Gasteiger partial charge in [-0.15, -0.1) is 0 Å². The molecular formula is C25H32F2N2O4. The highest BCUT2D eigenvalue weighted by atomic mass is 19.1. The van der Waals surface area contributed by atoms with E-state index in [-0.39, 0.29) is 5.69 Å². The lowest BCUT2D eigenvalue weighted by Crippen LogP contribution is -2.40. The lowest BCUT2D eigenvalue weighted by atomic mass is 10.0. The molecule has 2 aromatic carbocycles. The number of nitrogens with zero attached hydrogens (tertiary/aromatic N) is 1. The van der Waals surface area contributed by atoms with Crippen molar-refractivity contribution in [3.63, 3.8) is 0 Å². The second-order valence-corrected chi connectivity index (χ2v) is 8.14. The van der Waals surface area contributed by atoms with Crippen LogP contribution in [0.15, 0.2) is 42.5 Å². The fourth-order valence-corrected chi connectivity index (χ4v) is 3.21. The minimum atomic E-state index is -1.33. The van der Waals surface area contributed by atoms with Crippen LogP contribution in [-0.2, 0) is 11.2 Å². The molecule has 6 nitrogen and oxygen atoms in total. The van der Waals surface area contributed by atoms with Gasteiger partial charge >= 0.3 is 12.0 Å². The van der Waals surface area contributed by atoms with Crippen LogP contribution in [-0.4, -0.2) is 40.7 Å². The predicted molar refractivity (Wildman–Crippen MR) is 124 cm³/mol. The monoisotopic (exact) mass is 462 g/mol. The maximum Gasteiger partial charge on any atom is 0.347 e. The van der Waals surface area contributed by atoms with Crippen molar-refractivity contribution in [3.05, 3.63) is 59.7 Å². The van der Waals surface area contributed by atoms with Crippen molar-refractivity contribution < 1.29 is 28.2 Å². The first-order valence-electron chi connectivity index (χ1n) is 11.2. The van der Waals surface area contributed by atoms with Gasteiger partial charge in [-0.3, -0.25) is 0 Å². The molecule has 2 amide bonds. The summed E-state index contributed by atoms with van der Waals surface area (Å²) in [7, 11) is 0. The highest BCUT2D eigenvalue weighted by molar-refractivity contribution is 5.89. The molecule has 2 aromatic rings. The summed E-state index contributed by atoms with van der Waals surface area (Å²) >= 11 is 0. The third-order valence-corrected chi connectivity index (χ3v) is 5.53. The minimum Gasteiger partial charge on any atom is -0.478 e. The average Bonchev–Trinajstić information content (AvgIpc) is 2.78. The Balaban J connectivity index is 2.09. The zero-order chi connectivity index (χ0) is 24.4. The number of unbranched alkanes of at least 4 members (excludes halogenated alkanes) is 2. The molecule has 8 heteroatoms. The number of rotatable bonds is 12. The van der Waals surface area contributed by atoms with Crippen LogP contribution >= 0.6 is 0 Å². The van der Waals surface area contributed by atoms with Crippen molar-refractivity contribution in [2.75, 3.05) is 18.4 Å². The SMILES string of the molecule is CCCCCN(CCc1cccc(O[C@@](C)(CC)C(=O)O)c1)C(=O)Nc1ccc(F)cc1F. The second-order valence-electron chi connectivity index (χ2n) is 8.14. The number of anilines is 1. The van der Waals surface area contributed by atoms with Crippen molar-refractivity contribution >= 4 is 17.7 Å². The van der Waals surface area contributed by atoms with Gasteiger partial charge in [0.25, 0.3) is 0 Å². The summed E-state index contributed by atoms with van der Waals surface area (Å²) in [6, 6.07) is 9.66. The summed E-state index contributed by atoms with van der Waals surface area (Å²) in [6.07, 6.45) is 3.53. The molecule has 33 heavy (non-hydrogen) atoms. The van der Waals surface area contributed by atoms with E-state index < -0.39 is 29.2 Å². The number of urea groups is 1. The third kappa shape index (κ3) is 7.73. The summed E-state index contributed by atoms with van der Waals surface area (Å²) in [5.41, 5.74) is -0.536. The first-order chi connectivity index (χ1) is 15.7. The van der Waals surface area contributed by atoms with E-state index in [9.17, 15) is 23.5 Å². The second kappa shape index (κ2) is 12.2. The van der Waals surface area contributed by atoms with Gasteiger partial charge in [0.1, 0.15) is 17.4 Å². The van der Waals surface area contributed by atoms with E-state index in [2.05, 4.69) is 12.2 Å². The summed E-state index contributed by atoms with van der Waals surface area (Å²) < 4.78 is 32.8. The number of amides is 2. The Morgan fingerprint density at radius 3 is 2.48 bits per heavy atom. The van der Waals surface area contributed by atoms with Crippen LogP contribution in [0.1, 0.15) is 52.0 Å². The topological polar surface area (TPSA) is 78.9 Å². The molecule has 0 saturated carbocycles. The van der Waals surface area contributed by atoms with Crippen molar-refractivity contribution in [2.45, 2.75) is 58.5 Å². The van der Waals surface area contributed by atoms with E-state index in [0.29, 0.717) is 31.7 Å². The number of hydrogen-bond acceptors (Lipinski definition) is 3. The number of carbonyl (C=O) groups excluding carboxylic acids is 1. The number of halogens is 2. The van der Waals surface area contributed by atoms with Gasteiger partial charge in [-0.05, 0) is 56.0 Å². The van der Waals surface area contributed by atoms with Gasteiger partial charge in [0.2, 0.25) is 5.60 Å². The first-order valence-corrected chi connectivity index (χ1v) is 11.2. The van der Waals surface area contributed by atoms with Crippen LogP contribution in [0.25, 0.3) is 0 Å². The summed E-state index contributed by atoms with van der Waals surface area (Å²) in [6.45, 7) is 6.19. The van der Waals surface area contributed by atoms with Crippen LogP contribution in [0, 0.1) is 11.6 Å².